The molecule has 0 radical (unpaired) electrons. The van der Waals surface area contributed by atoms with Gasteiger partial charge in [-0.15, -0.1) is 0 Å². The molecule has 138 valence electrons. The van der Waals surface area contributed by atoms with Crippen molar-refractivity contribution in [3.05, 3.63) is 83.9 Å². The number of pyridine rings is 1. The highest BCUT2D eigenvalue weighted by molar-refractivity contribution is 6.04. The summed E-state index contributed by atoms with van der Waals surface area (Å²) in [4.78, 5) is 16.5. The quantitative estimate of drug-likeness (QED) is 0.648. The summed E-state index contributed by atoms with van der Waals surface area (Å²) in [6, 6.07) is 15.1. The van der Waals surface area contributed by atoms with Gasteiger partial charge in [-0.2, -0.15) is 0 Å². The number of carbonyl (C=O) groups is 1. The summed E-state index contributed by atoms with van der Waals surface area (Å²) < 4.78 is 18.3. The Bertz CT molecular complexity index is 896. The van der Waals surface area contributed by atoms with E-state index in [4.69, 9.17) is 4.74 Å². The van der Waals surface area contributed by atoms with Crippen LogP contribution < -0.4 is 15.4 Å². The second kappa shape index (κ2) is 8.80. The zero-order chi connectivity index (χ0) is 19.1. The number of hydrogen-bond acceptors (Lipinski definition) is 4. The van der Waals surface area contributed by atoms with Gasteiger partial charge in [0.25, 0.3) is 5.91 Å². The van der Waals surface area contributed by atoms with E-state index in [1.54, 1.807) is 48.7 Å². The van der Waals surface area contributed by atoms with E-state index >= 15 is 0 Å². The Kier molecular flexibility index (Phi) is 5.99. The van der Waals surface area contributed by atoms with Gasteiger partial charge < -0.3 is 15.4 Å². The molecule has 0 unspecified atom stereocenters. The van der Waals surface area contributed by atoms with Crippen LogP contribution >= 0.6 is 0 Å². The highest BCUT2D eigenvalue weighted by atomic mass is 19.1. The van der Waals surface area contributed by atoms with Crippen molar-refractivity contribution in [1.29, 1.82) is 0 Å². The summed E-state index contributed by atoms with van der Waals surface area (Å²) in [5, 5.41) is 6.01. The molecule has 1 amide bonds. The van der Waals surface area contributed by atoms with E-state index in [0.29, 0.717) is 30.1 Å². The molecule has 3 rings (SSSR count). The van der Waals surface area contributed by atoms with Crippen LogP contribution in [-0.2, 0) is 6.54 Å². The Hall–Kier alpha value is -3.41. The van der Waals surface area contributed by atoms with Crippen LogP contribution in [0.1, 0.15) is 22.8 Å². The van der Waals surface area contributed by atoms with Crippen molar-refractivity contribution in [3.63, 3.8) is 0 Å². The first-order chi connectivity index (χ1) is 13.1. The Morgan fingerprint density at radius 1 is 1.04 bits per heavy atom. The van der Waals surface area contributed by atoms with Crippen molar-refractivity contribution in [2.24, 2.45) is 0 Å². The van der Waals surface area contributed by atoms with Gasteiger partial charge in [0.1, 0.15) is 11.6 Å². The largest absolute Gasteiger partial charge is 0.494 e. The van der Waals surface area contributed by atoms with Crippen molar-refractivity contribution < 1.29 is 13.9 Å². The number of nitrogens with zero attached hydrogens (tertiary/aromatic N) is 1. The van der Waals surface area contributed by atoms with E-state index in [1.807, 2.05) is 6.92 Å². The van der Waals surface area contributed by atoms with E-state index in [2.05, 4.69) is 15.6 Å². The van der Waals surface area contributed by atoms with Gasteiger partial charge >= 0.3 is 0 Å². The molecule has 6 heteroatoms. The molecule has 0 fully saturated rings. The number of hydrogen-bond donors (Lipinski definition) is 2. The molecule has 0 bridgehead atoms. The first-order valence-corrected chi connectivity index (χ1v) is 8.61. The van der Waals surface area contributed by atoms with Crippen molar-refractivity contribution in [1.82, 2.24) is 4.98 Å². The number of rotatable bonds is 7. The third-order valence-electron chi connectivity index (χ3n) is 3.83. The first-order valence-electron chi connectivity index (χ1n) is 8.61. The van der Waals surface area contributed by atoms with Gasteiger partial charge in [0.15, 0.2) is 0 Å². The summed E-state index contributed by atoms with van der Waals surface area (Å²) in [5.74, 6) is 0.231. The van der Waals surface area contributed by atoms with Crippen LogP contribution in [0, 0.1) is 5.82 Å². The zero-order valence-electron chi connectivity index (χ0n) is 14.9. The average Bonchev–Trinajstić information content (AvgIpc) is 2.69. The minimum absolute atomic E-state index is 0.253. The monoisotopic (exact) mass is 365 g/mol. The maximum absolute atomic E-state index is 12.9. The minimum Gasteiger partial charge on any atom is -0.494 e. The molecule has 0 saturated carbocycles. The number of anilines is 2. The molecule has 3 aromatic rings. The molecule has 1 heterocycles. The Morgan fingerprint density at radius 3 is 2.48 bits per heavy atom. The molecule has 2 aromatic carbocycles. The van der Waals surface area contributed by atoms with E-state index in [0.717, 1.165) is 11.3 Å². The van der Waals surface area contributed by atoms with E-state index in [9.17, 15) is 9.18 Å². The van der Waals surface area contributed by atoms with Gasteiger partial charge in [0.05, 0.1) is 17.9 Å². The molecule has 1 aromatic heterocycles. The molecule has 0 aliphatic rings. The van der Waals surface area contributed by atoms with Crippen molar-refractivity contribution in [3.8, 4) is 5.75 Å². The van der Waals surface area contributed by atoms with Gasteiger partial charge in [-0.1, -0.05) is 12.1 Å². The summed E-state index contributed by atoms with van der Waals surface area (Å²) in [6.07, 6.45) is 3.14. The van der Waals surface area contributed by atoms with Crippen LogP contribution in [0.25, 0.3) is 0 Å². The molecule has 27 heavy (non-hydrogen) atoms. The van der Waals surface area contributed by atoms with Crippen molar-refractivity contribution >= 4 is 17.3 Å². The van der Waals surface area contributed by atoms with Crippen LogP contribution in [0.15, 0.2) is 67.0 Å². The van der Waals surface area contributed by atoms with Gasteiger partial charge in [-0.25, -0.2) is 4.39 Å². The minimum atomic E-state index is -0.270. The highest BCUT2D eigenvalue weighted by Crippen LogP contribution is 2.17. The lowest BCUT2D eigenvalue weighted by atomic mass is 10.2. The topological polar surface area (TPSA) is 63.2 Å². The van der Waals surface area contributed by atoms with E-state index < -0.39 is 0 Å². The molecule has 0 spiro atoms. The zero-order valence-corrected chi connectivity index (χ0v) is 14.9. The molecule has 0 saturated heterocycles. The number of aromatic nitrogens is 1. The number of halogens is 1. The molecular formula is C21H20FN3O2. The third-order valence-corrected chi connectivity index (χ3v) is 3.83. The molecular weight excluding hydrogens is 345 g/mol. The Balaban J connectivity index is 1.61. The lowest BCUT2D eigenvalue weighted by Crippen LogP contribution is -2.12. The number of carbonyl (C=O) groups excluding carboxylic acids is 1. The Labute approximate surface area is 157 Å². The summed E-state index contributed by atoms with van der Waals surface area (Å²) in [5.41, 5.74) is 2.75. The molecule has 0 aliphatic carbocycles. The fourth-order valence-electron chi connectivity index (χ4n) is 2.47. The van der Waals surface area contributed by atoms with E-state index in [-0.39, 0.29) is 11.7 Å². The molecule has 0 aliphatic heterocycles. The van der Waals surface area contributed by atoms with Crippen LogP contribution in [0.3, 0.4) is 0 Å². The second-order valence-electron chi connectivity index (χ2n) is 5.85. The number of amides is 1. The average molecular weight is 365 g/mol. The summed E-state index contributed by atoms with van der Waals surface area (Å²) >= 11 is 0. The maximum Gasteiger partial charge on any atom is 0.257 e. The van der Waals surface area contributed by atoms with Gasteiger partial charge in [-0.05, 0) is 55.0 Å². The second-order valence-corrected chi connectivity index (χ2v) is 5.85. The third kappa shape index (κ3) is 5.28. The maximum atomic E-state index is 12.9. The number of benzene rings is 2. The summed E-state index contributed by atoms with van der Waals surface area (Å²) in [7, 11) is 0. The number of nitrogens with one attached hydrogen (secondary N) is 2. The van der Waals surface area contributed by atoms with Crippen molar-refractivity contribution in [2.45, 2.75) is 13.5 Å². The lowest BCUT2D eigenvalue weighted by Gasteiger charge is -2.09. The standard InChI is InChI=1S/C21H20FN3O2/c1-2-27-20-9-7-18(8-10-20)25-21(26)16-11-19(14-23-13-16)24-12-15-3-5-17(22)6-4-15/h3-11,13-14,24H,2,12H2,1H3,(H,25,26). The predicted octanol–water partition coefficient (Wildman–Crippen LogP) is 4.48. The Morgan fingerprint density at radius 2 is 1.78 bits per heavy atom. The summed E-state index contributed by atoms with van der Waals surface area (Å²) in [6.45, 7) is 3.01. The normalized spacial score (nSPS) is 10.3. The molecule has 2 N–H and O–H groups in total. The van der Waals surface area contributed by atoms with Crippen LogP contribution in [0.2, 0.25) is 0 Å². The van der Waals surface area contributed by atoms with Crippen LogP contribution in [0.4, 0.5) is 15.8 Å². The van der Waals surface area contributed by atoms with Crippen LogP contribution in [0.5, 0.6) is 5.75 Å². The van der Waals surface area contributed by atoms with Gasteiger partial charge in [0.2, 0.25) is 0 Å². The van der Waals surface area contributed by atoms with Gasteiger partial charge in [0, 0.05) is 24.6 Å². The lowest BCUT2D eigenvalue weighted by molar-refractivity contribution is 0.102. The SMILES string of the molecule is CCOc1ccc(NC(=O)c2cncc(NCc3ccc(F)cc3)c2)cc1. The van der Waals surface area contributed by atoms with Gasteiger partial charge in [-0.3, -0.25) is 9.78 Å². The first kappa shape index (κ1) is 18.4. The fraction of sp³-hybridized carbons (Fsp3) is 0.143. The highest BCUT2D eigenvalue weighted by Gasteiger charge is 2.08. The van der Waals surface area contributed by atoms with Crippen LogP contribution in [-0.4, -0.2) is 17.5 Å². The molecule has 5 nitrogen and oxygen atoms in total. The smallest absolute Gasteiger partial charge is 0.257 e. The van der Waals surface area contributed by atoms with E-state index in [1.165, 1.54) is 18.3 Å². The molecule has 0 atom stereocenters. The fourth-order valence-corrected chi connectivity index (χ4v) is 2.47. The van der Waals surface area contributed by atoms with Crippen molar-refractivity contribution in [2.75, 3.05) is 17.2 Å². The predicted molar refractivity (Wildman–Crippen MR) is 104 cm³/mol. The number of ether oxygens (including phenoxy) is 1.